The second kappa shape index (κ2) is 6.91. The maximum atomic E-state index is 13.3. The zero-order valence-electron chi connectivity index (χ0n) is 11.9. The molecular formula is C13H9BrClFN2O5S. The average Bonchev–Trinajstić information content (AvgIpc) is 2.48. The van der Waals surface area contributed by atoms with Crippen molar-refractivity contribution >= 4 is 48.9 Å². The van der Waals surface area contributed by atoms with Gasteiger partial charge in [-0.1, -0.05) is 11.6 Å². The van der Waals surface area contributed by atoms with E-state index in [2.05, 4.69) is 20.7 Å². The summed E-state index contributed by atoms with van der Waals surface area (Å²) in [5.41, 5.74) is -1.03. The highest BCUT2D eigenvalue weighted by molar-refractivity contribution is 9.10. The van der Waals surface area contributed by atoms with E-state index in [0.29, 0.717) is 4.47 Å². The van der Waals surface area contributed by atoms with Gasteiger partial charge in [0.25, 0.3) is 10.0 Å². The van der Waals surface area contributed by atoms with Gasteiger partial charge >= 0.3 is 5.69 Å². The minimum absolute atomic E-state index is 0.00325. The Balaban J connectivity index is 2.50. The molecule has 0 aliphatic carbocycles. The number of hydrogen-bond acceptors (Lipinski definition) is 5. The normalized spacial score (nSPS) is 11.2. The number of methoxy groups -OCH3 is 1. The van der Waals surface area contributed by atoms with Crippen LogP contribution >= 0.6 is 27.5 Å². The van der Waals surface area contributed by atoms with E-state index in [1.54, 1.807) is 0 Å². The lowest BCUT2D eigenvalue weighted by molar-refractivity contribution is -0.387. The smallest absolute Gasteiger partial charge is 0.306 e. The number of nitro benzene ring substituents is 1. The third-order valence-corrected chi connectivity index (χ3v) is 5.06. The highest BCUT2D eigenvalue weighted by atomic mass is 79.9. The Morgan fingerprint density at radius 2 is 2.00 bits per heavy atom. The zero-order valence-corrected chi connectivity index (χ0v) is 15.1. The maximum Gasteiger partial charge on any atom is 0.306 e. The molecule has 0 fully saturated rings. The lowest BCUT2D eigenvalue weighted by Gasteiger charge is -2.13. The summed E-state index contributed by atoms with van der Waals surface area (Å²) in [6.45, 7) is 0. The van der Waals surface area contributed by atoms with Crippen LogP contribution in [0.4, 0.5) is 15.8 Å². The number of nitro groups is 1. The standard InChI is InChI=1S/C13H9BrClFN2O5S/c1-23-13-9(14)4-7(15)5-12(13)24(21,22)17-8-2-3-10(16)11(6-8)18(19)20/h2-6,17H,1H3. The van der Waals surface area contributed by atoms with E-state index in [-0.39, 0.29) is 21.4 Å². The molecule has 7 nitrogen and oxygen atoms in total. The van der Waals surface area contributed by atoms with E-state index >= 15 is 0 Å². The zero-order chi connectivity index (χ0) is 18.1. The van der Waals surface area contributed by atoms with Crippen molar-refractivity contribution in [3.8, 4) is 5.75 Å². The van der Waals surface area contributed by atoms with Gasteiger partial charge in [0.1, 0.15) is 4.90 Å². The van der Waals surface area contributed by atoms with Crippen LogP contribution < -0.4 is 9.46 Å². The minimum Gasteiger partial charge on any atom is -0.494 e. The number of anilines is 1. The Bertz CT molecular complexity index is 923. The summed E-state index contributed by atoms with van der Waals surface area (Å²) in [6, 6.07) is 5.24. The first-order valence-electron chi connectivity index (χ1n) is 6.15. The molecule has 128 valence electrons. The number of sulfonamides is 1. The van der Waals surface area contributed by atoms with Crippen molar-refractivity contribution in [2.75, 3.05) is 11.8 Å². The predicted octanol–water partition coefficient (Wildman–Crippen LogP) is 3.96. The maximum absolute atomic E-state index is 13.3. The van der Waals surface area contributed by atoms with E-state index in [9.17, 15) is 22.9 Å². The molecule has 0 bridgehead atoms. The Labute approximate surface area is 149 Å². The number of nitrogens with zero attached hydrogens (tertiary/aromatic N) is 1. The van der Waals surface area contributed by atoms with Crippen LogP contribution in [0.5, 0.6) is 5.75 Å². The SMILES string of the molecule is COc1c(Br)cc(Cl)cc1S(=O)(=O)Nc1ccc(F)c([N+](=O)[O-])c1. The Hall–Kier alpha value is -1.91. The molecule has 0 heterocycles. The fraction of sp³-hybridized carbons (Fsp3) is 0.0769. The summed E-state index contributed by atoms with van der Waals surface area (Å²) in [5, 5.41) is 10.9. The molecule has 0 unspecified atom stereocenters. The molecule has 2 aromatic carbocycles. The minimum atomic E-state index is -4.19. The van der Waals surface area contributed by atoms with Crippen molar-refractivity contribution < 1.29 is 22.5 Å². The number of benzene rings is 2. The molecule has 0 amide bonds. The van der Waals surface area contributed by atoms with Gasteiger partial charge in [-0.25, -0.2) is 8.42 Å². The molecule has 0 aliphatic rings. The van der Waals surface area contributed by atoms with Gasteiger partial charge in [0.05, 0.1) is 22.2 Å². The van der Waals surface area contributed by atoms with Crippen molar-refractivity contribution in [3.05, 3.63) is 55.8 Å². The van der Waals surface area contributed by atoms with Gasteiger partial charge in [-0.05, 0) is 40.2 Å². The first-order chi connectivity index (χ1) is 11.2. The third kappa shape index (κ3) is 3.77. The van der Waals surface area contributed by atoms with E-state index in [1.807, 2.05) is 0 Å². The van der Waals surface area contributed by atoms with Crippen molar-refractivity contribution in [2.45, 2.75) is 4.90 Å². The van der Waals surface area contributed by atoms with Crippen LogP contribution in [0.3, 0.4) is 0 Å². The molecule has 1 N–H and O–H groups in total. The van der Waals surface area contributed by atoms with Crippen LogP contribution in [-0.2, 0) is 10.0 Å². The van der Waals surface area contributed by atoms with Gasteiger partial charge in [0.2, 0.25) is 5.82 Å². The van der Waals surface area contributed by atoms with Gasteiger partial charge in [-0.15, -0.1) is 0 Å². The first-order valence-corrected chi connectivity index (χ1v) is 8.81. The summed E-state index contributed by atoms with van der Waals surface area (Å²) in [6.07, 6.45) is 0. The number of rotatable bonds is 5. The Morgan fingerprint density at radius 3 is 2.58 bits per heavy atom. The second-order valence-electron chi connectivity index (χ2n) is 4.45. The Morgan fingerprint density at radius 1 is 1.33 bits per heavy atom. The largest absolute Gasteiger partial charge is 0.494 e. The Kier molecular flexibility index (Phi) is 5.31. The first kappa shape index (κ1) is 18.4. The molecule has 2 rings (SSSR count). The van der Waals surface area contributed by atoms with E-state index < -0.39 is 26.5 Å². The monoisotopic (exact) mass is 438 g/mol. The molecule has 0 spiro atoms. The van der Waals surface area contributed by atoms with Crippen LogP contribution in [0.2, 0.25) is 5.02 Å². The molecular weight excluding hydrogens is 431 g/mol. The molecule has 0 saturated carbocycles. The van der Waals surface area contributed by atoms with Gasteiger partial charge < -0.3 is 4.74 Å². The fourth-order valence-corrected chi connectivity index (χ4v) is 4.30. The van der Waals surface area contributed by atoms with Crippen molar-refractivity contribution in [2.24, 2.45) is 0 Å². The summed E-state index contributed by atoms with van der Waals surface area (Å²) in [4.78, 5) is 9.51. The third-order valence-electron chi connectivity index (χ3n) is 2.86. The van der Waals surface area contributed by atoms with E-state index in [4.69, 9.17) is 16.3 Å². The summed E-state index contributed by atoms with van der Waals surface area (Å²) in [5.74, 6) is -1.07. The van der Waals surface area contributed by atoms with E-state index in [1.165, 1.54) is 13.2 Å². The topological polar surface area (TPSA) is 98.5 Å². The highest BCUT2D eigenvalue weighted by Gasteiger charge is 2.24. The predicted molar refractivity (Wildman–Crippen MR) is 89.6 cm³/mol. The fourth-order valence-electron chi connectivity index (χ4n) is 1.86. The van der Waals surface area contributed by atoms with Crippen molar-refractivity contribution in [1.29, 1.82) is 0 Å². The van der Waals surface area contributed by atoms with Crippen LogP contribution in [0.1, 0.15) is 0 Å². The van der Waals surface area contributed by atoms with Crippen molar-refractivity contribution in [1.82, 2.24) is 0 Å². The summed E-state index contributed by atoms with van der Waals surface area (Å²) >= 11 is 8.99. The van der Waals surface area contributed by atoms with Crippen LogP contribution in [0.25, 0.3) is 0 Å². The molecule has 2 aromatic rings. The van der Waals surface area contributed by atoms with E-state index in [0.717, 1.165) is 24.3 Å². The lowest BCUT2D eigenvalue weighted by atomic mass is 10.3. The second-order valence-corrected chi connectivity index (χ2v) is 7.39. The molecule has 0 aliphatic heterocycles. The molecule has 11 heteroatoms. The number of nitrogens with one attached hydrogen (secondary N) is 1. The molecule has 24 heavy (non-hydrogen) atoms. The van der Waals surface area contributed by atoms with Crippen molar-refractivity contribution in [3.63, 3.8) is 0 Å². The van der Waals surface area contributed by atoms with Crippen LogP contribution in [0, 0.1) is 15.9 Å². The van der Waals surface area contributed by atoms with Gasteiger partial charge in [0.15, 0.2) is 5.75 Å². The number of ether oxygens (including phenoxy) is 1. The number of halogens is 3. The average molecular weight is 440 g/mol. The van der Waals surface area contributed by atoms with Crippen LogP contribution in [-0.4, -0.2) is 20.5 Å². The quantitative estimate of drug-likeness (QED) is 0.562. The summed E-state index contributed by atoms with van der Waals surface area (Å²) in [7, 11) is -2.92. The van der Waals surface area contributed by atoms with Gasteiger partial charge in [-0.3, -0.25) is 14.8 Å². The van der Waals surface area contributed by atoms with Crippen LogP contribution in [0.15, 0.2) is 39.7 Å². The molecule has 0 radical (unpaired) electrons. The molecule has 0 atom stereocenters. The molecule has 0 aromatic heterocycles. The number of hydrogen-bond donors (Lipinski definition) is 1. The highest BCUT2D eigenvalue weighted by Crippen LogP contribution is 2.36. The van der Waals surface area contributed by atoms with Gasteiger partial charge in [-0.2, -0.15) is 4.39 Å². The lowest BCUT2D eigenvalue weighted by Crippen LogP contribution is -2.14. The van der Waals surface area contributed by atoms with Gasteiger partial charge in [0, 0.05) is 11.1 Å². The summed E-state index contributed by atoms with van der Waals surface area (Å²) < 4.78 is 45.9. The molecule has 0 saturated heterocycles.